The van der Waals surface area contributed by atoms with Crippen LogP contribution in [-0.2, 0) is 0 Å². The number of hydrogen-bond donors (Lipinski definition) is 3. The second-order valence-electron chi connectivity index (χ2n) is 7.09. The predicted molar refractivity (Wildman–Crippen MR) is 106 cm³/mol. The number of anilines is 1. The number of nitrogens with zero attached hydrogens (tertiary/aromatic N) is 2. The molecule has 5 heteroatoms. The van der Waals surface area contributed by atoms with E-state index in [0.29, 0.717) is 0 Å². The summed E-state index contributed by atoms with van der Waals surface area (Å²) < 4.78 is 2.15. The minimum absolute atomic E-state index is 0.287. The van der Waals surface area contributed by atoms with Crippen molar-refractivity contribution in [1.82, 2.24) is 4.98 Å². The molecule has 0 unspecified atom stereocenters. The van der Waals surface area contributed by atoms with Crippen LogP contribution in [0.15, 0.2) is 30.3 Å². The number of nitrogens with one attached hydrogen (secondary N) is 3. The summed E-state index contributed by atoms with van der Waals surface area (Å²) in [5.41, 5.74) is 4.82. The molecule has 3 N–H and O–H groups in total. The highest BCUT2D eigenvalue weighted by molar-refractivity contribution is 5.77. The summed E-state index contributed by atoms with van der Waals surface area (Å²) in [4.78, 5) is 5.03. The van der Waals surface area contributed by atoms with E-state index in [4.69, 9.17) is 0 Å². The van der Waals surface area contributed by atoms with Crippen LogP contribution in [0.5, 0.6) is 0 Å². The molecule has 0 bridgehead atoms. The average Bonchev–Trinajstić information content (AvgIpc) is 3.04. The van der Waals surface area contributed by atoms with Gasteiger partial charge in [0.05, 0.1) is 13.1 Å². The largest absolute Gasteiger partial charge is 0.333 e. The van der Waals surface area contributed by atoms with E-state index in [-0.39, 0.29) is 5.92 Å². The third-order valence-electron chi connectivity index (χ3n) is 5.20. The molecule has 3 aromatic rings. The zero-order valence-corrected chi connectivity index (χ0v) is 16.2. The average molecular weight is 351 g/mol. The molecule has 3 rings (SSSR count). The van der Waals surface area contributed by atoms with E-state index in [1.165, 1.54) is 0 Å². The third kappa shape index (κ3) is 3.25. The van der Waals surface area contributed by atoms with Gasteiger partial charge in [-0.25, -0.2) is 0 Å². The lowest BCUT2D eigenvalue weighted by molar-refractivity contribution is -0.894. The van der Waals surface area contributed by atoms with E-state index in [9.17, 15) is 5.26 Å². The summed E-state index contributed by atoms with van der Waals surface area (Å²) in [5.74, 6) is 1.33. The molecule has 0 radical (unpaired) electrons. The highest BCUT2D eigenvalue weighted by Gasteiger charge is 2.23. The van der Waals surface area contributed by atoms with Gasteiger partial charge in [0, 0.05) is 6.07 Å². The number of H-pyrrole nitrogens is 1. The smallest absolute Gasteiger partial charge is 0.250 e. The van der Waals surface area contributed by atoms with Crippen LogP contribution in [0.25, 0.3) is 16.7 Å². The van der Waals surface area contributed by atoms with E-state index in [1.807, 2.05) is 12.1 Å². The first-order valence-corrected chi connectivity index (χ1v) is 9.57. The molecule has 1 aromatic carbocycles. The Kier molecular flexibility index (Phi) is 5.43. The number of nitriles is 1. The van der Waals surface area contributed by atoms with Crippen LogP contribution in [0, 0.1) is 11.3 Å². The molecule has 0 atom stereocenters. The van der Waals surface area contributed by atoms with Gasteiger partial charge in [-0.05, 0) is 37.5 Å². The van der Waals surface area contributed by atoms with Crippen molar-refractivity contribution in [3.8, 4) is 6.07 Å². The van der Waals surface area contributed by atoms with Gasteiger partial charge in [-0.1, -0.05) is 26.0 Å². The molecule has 0 fully saturated rings. The van der Waals surface area contributed by atoms with Crippen molar-refractivity contribution in [1.29, 1.82) is 5.26 Å². The molecule has 2 heterocycles. The van der Waals surface area contributed by atoms with E-state index < -0.39 is 0 Å². The molecule has 0 aliphatic heterocycles. The number of likely N-dealkylation sites (N-methyl/N-ethyl adjacent to an activating group) is 1. The number of aromatic nitrogens is 2. The highest BCUT2D eigenvalue weighted by Crippen LogP contribution is 2.25. The van der Waals surface area contributed by atoms with Crippen LogP contribution < -0.4 is 14.6 Å². The van der Waals surface area contributed by atoms with E-state index >= 15 is 0 Å². The second kappa shape index (κ2) is 7.76. The molecule has 136 valence electrons. The van der Waals surface area contributed by atoms with Gasteiger partial charge in [0.2, 0.25) is 11.5 Å². The summed E-state index contributed by atoms with van der Waals surface area (Å²) in [6.07, 6.45) is 0. The Labute approximate surface area is 155 Å². The van der Waals surface area contributed by atoms with E-state index in [1.54, 1.807) is 4.90 Å². The van der Waals surface area contributed by atoms with Crippen molar-refractivity contribution in [2.75, 3.05) is 31.5 Å². The minimum atomic E-state index is 0.287. The van der Waals surface area contributed by atoms with Gasteiger partial charge in [0.15, 0.2) is 0 Å². The van der Waals surface area contributed by atoms with E-state index in [2.05, 4.69) is 66.7 Å². The number of aromatic amines is 1. The summed E-state index contributed by atoms with van der Waals surface area (Å²) in [7, 11) is 0. The Bertz CT molecular complexity index is 944. The van der Waals surface area contributed by atoms with E-state index in [0.717, 1.165) is 59.8 Å². The number of rotatable bonds is 7. The van der Waals surface area contributed by atoms with Gasteiger partial charge in [0.25, 0.3) is 0 Å². The van der Waals surface area contributed by atoms with Gasteiger partial charge in [-0.3, -0.25) is 10.3 Å². The first kappa shape index (κ1) is 18.2. The predicted octanol–water partition coefficient (Wildman–Crippen LogP) is 2.24. The van der Waals surface area contributed by atoms with Gasteiger partial charge in [0.1, 0.15) is 35.8 Å². The molecule has 0 aliphatic carbocycles. The number of benzene rings is 1. The normalized spacial score (nSPS) is 11.6. The molecule has 0 saturated carbocycles. The summed E-state index contributed by atoms with van der Waals surface area (Å²) >= 11 is 0. The molecule has 5 nitrogen and oxygen atoms in total. The maximum absolute atomic E-state index is 9.79. The Morgan fingerprint density at radius 1 is 1.23 bits per heavy atom. The summed E-state index contributed by atoms with van der Waals surface area (Å²) in [5, 5.41) is 13.4. The molecule has 0 spiro atoms. The van der Waals surface area contributed by atoms with Gasteiger partial charge < -0.3 is 4.90 Å². The Hall–Kier alpha value is -2.58. The van der Waals surface area contributed by atoms with Crippen molar-refractivity contribution >= 4 is 22.5 Å². The highest BCUT2D eigenvalue weighted by atomic mass is 15.2. The van der Waals surface area contributed by atoms with Gasteiger partial charge in [-0.2, -0.15) is 9.66 Å². The lowest BCUT2D eigenvalue weighted by Crippen LogP contribution is -3.12. The molecule has 0 amide bonds. The Morgan fingerprint density at radius 2 is 1.96 bits per heavy atom. The fourth-order valence-electron chi connectivity index (χ4n) is 3.60. The van der Waals surface area contributed by atoms with Crippen LogP contribution in [0.3, 0.4) is 0 Å². The lowest BCUT2D eigenvalue weighted by atomic mass is 9.99. The monoisotopic (exact) mass is 351 g/mol. The lowest BCUT2D eigenvalue weighted by Gasteiger charge is -2.15. The SMILES string of the molecule is CC[NH+](CC)CCNc1cc(C(C)C)c(C#N)c2[nH]c3ccccc3[n+]12. The number of para-hydroxylation sites is 2. The van der Waals surface area contributed by atoms with Crippen LogP contribution in [0.1, 0.15) is 44.7 Å². The summed E-state index contributed by atoms with van der Waals surface area (Å²) in [6.45, 7) is 13.0. The van der Waals surface area contributed by atoms with Gasteiger partial charge >= 0.3 is 0 Å². The zero-order chi connectivity index (χ0) is 18.7. The molecule has 2 aromatic heterocycles. The van der Waals surface area contributed by atoms with Crippen LogP contribution in [-0.4, -0.2) is 31.2 Å². The Balaban J connectivity index is 2.12. The fraction of sp³-hybridized carbons (Fsp3) is 0.429. The molecular formula is C21H29N5+2. The van der Waals surface area contributed by atoms with Crippen molar-refractivity contribution in [3.05, 3.63) is 41.5 Å². The standard InChI is InChI=1S/C21H27N5/c1-5-25(6-2)12-11-23-20-13-16(15(3)4)17(14-22)21-24-18-9-7-8-10-19(18)26(20)21/h7-10,13,15H,5-6,11-12H2,1-4H3,(H,23,24)/p+2. The molecule has 26 heavy (non-hydrogen) atoms. The van der Waals surface area contributed by atoms with Gasteiger partial charge in [-0.15, -0.1) is 0 Å². The fourth-order valence-corrected chi connectivity index (χ4v) is 3.60. The number of quaternary nitrogens is 1. The quantitative estimate of drug-likeness (QED) is 0.572. The van der Waals surface area contributed by atoms with Crippen molar-refractivity contribution < 1.29 is 9.30 Å². The van der Waals surface area contributed by atoms with Crippen LogP contribution in [0.2, 0.25) is 0 Å². The first-order valence-electron chi connectivity index (χ1n) is 9.57. The van der Waals surface area contributed by atoms with Crippen molar-refractivity contribution in [2.45, 2.75) is 33.6 Å². The second-order valence-corrected chi connectivity index (χ2v) is 7.09. The maximum atomic E-state index is 9.79. The summed E-state index contributed by atoms with van der Waals surface area (Å²) in [6, 6.07) is 12.8. The van der Waals surface area contributed by atoms with Crippen molar-refractivity contribution in [2.24, 2.45) is 0 Å². The number of imidazole rings is 1. The first-order chi connectivity index (χ1) is 12.6. The minimum Gasteiger partial charge on any atom is -0.333 e. The number of fused-ring (bicyclic) bond motifs is 3. The topological polar surface area (TPSA) is 60.1 Å². The van der Waals surface area contributed by atoms with Crippen molar-refractivity contribution in [3.63, 3.8) is 0 Å². The maximum Gasteiger partial charge on any atom is 0.250 e. The third-order valence-corrected chi connectivity index (χ3v) is 5.20. The van der Waals surface area contributed by atoms with Crippen LogP contribution >= 0.6 is 0 Å². The van der Waals surface area contributed by atoms with Crippen LogP contribution in [0.4, 0.5) is 5.82 Å². The number of pyridine rings is 1. The molecule has 0 saturated heterocycles. The number of hydrogen-bond acceptors (Lipinski definition) is 2. The Morgan fingerprint density at radius 3 is 2.62 bits per heavy atom. The molecule has 0 aliphatic rings. The zero-order valence-electron chi connectivity index (χ0n) is 16.2. The molecular weight excluding hydrogens is 322 g/mol.